The third kappa shape index (κ3) is 2.71. The van der Waals surface area contributed by atoms with E-state index in [0.29, 0.717) is 12.1 Å². The second kappa shape index (κ2) is 5.50. The van der Waals surface area contributed by atoms with E-state index in [2.05, 4.69) is 4.90 Å². The highest BCUT2D eigenvalue weighted by molar-refractivity contribution is 5.80. The fraction of sp³-hybridized carbons (Fsp3) is 0.500. The zero-order chi connectivity index (χ0) is 13.0. The maximum absolute atomic E-state index is 11.5. The predicted octanol–water partition coefficient (Wildman–Crippen LogP) is 1.41. The smallest absolute Gasteiger partial charge is 0.329 e. The molecule has 0 aromatic heterocycles. The second-order valence-electron chi connectivity index (χ2n) is 4.98. The van der Waals surface area contributed by atoms with E-state index < -0.39 is 11.5 Å². The largest absolute Gasteiger partial charge is 0.480 e. The average molecular weight is 248 g/mol. The molecule has 18 heavy (non-hydrogen) atoms. The summed E-state index contributed by atoms with van der Waals surface area (Å²) in [4.78, 5) is 13.7. The quantitative estimate of drug-likeness (QED) is 0.845. The summed E-state index contributed by atoms with van der Waals surface area (Å²) in [6.07, 6.45) is 3.49. The lowest BCUT2D eigenvalue weighted by Crippen LogP contribution is -2.54. The Bertz CT molecular complexity index is 402. The van der Waals surface area contributed by atoms with Gasteiger partial charge in [-0.3, -0.25) is 0 Å². The van der Waals surface area contributed by atoms with Gasteiger partial charge < -0.3 is 15.7 Å². The molecule has 1 aliphatic heterocycles. The van der Waals surface area contributed by atoms with Crippen LogP contribution in [0.15, 0.2) is 30.3 Å². The van der Waals surface area contributed by atoms with Crippen molar-refractivity contribution in [2.75, 3.05) is 19.6 Å². The number of hydrogen-bond acceptors (Lipinski definition) is 3. The molecule has 3 N–H and O–H groups in total. The lowest BCUT2D eigenvalue weighted by atomic mass is 9.90. The third-order valence-corrected chi connectivity index (χ3v) is 3.59. The van der Waals surface area contributed by atoms with Crippen LogP contribution in [0.3, 0.4) is 0 Å². The first-order chi connectivity index (χ1) is 8.63. The summed E-state index contributed by atoms with van der Waals surface area (Å²) in [5, 5.41) is 9.46. The summed E-state index contributed by atoms with van der Waals surface area (Å²) in [7, 11) is 0. The third-order valence-electron chi connectivity index (χ3n) is 3.59. The molecule has 0 radical (unpaired) electrons. The fourth-order valence-electron chi connectivity index (χ4n) is 2.49. The highest BCUT2D eigenvalue weighted by atomic mass is 16.4. The molecule has 0 amide bonds. The van der Waals surface area contributed by atoms with Crippen LogP contribution in [0.5, 0.6) is 0 Å². The first-order valence-electron chi connectivity index (χ1n) is 6.43. The number of rotatable bonds is 4. The lowest BCUT2D eigenvalue weighted by Gasteiger charge is -2.34. The summed E-state index contributed by atoms with van der Waals surface area (Å²) < 4.78 is 0. The zero-order valence-electron chi connectivity index (χ0n) is 10.5. The van der Waals surface area contributed by atoms with Crippen LogP contribution in [-0.2, 0) is 10.3 Å². The topological polar surface area (TPSA) is 66.6 Å². The molecule has 1 atom stereocenters. The number of aliphatic carboxylic acids is 1. The van der Waals surface area contributed by atoms with E-state index in [4.69, 9.17) is 5.73 Å². The molecule has 1 aromatic rings. The number of carboxylic acids is 1. The Hall–Kier alpha value is -1.39. The number of nitrogens with two attached hydrogens (primary N) is 1. The van der Waals surface area contributed by atoms with Crippen molar-refractivity contribution in [2.24, 2.45) is 5.73 Å². The normalized spacial score (nSPS) is 20.3. The molecule has 0 bridgehead atoms. The number of piperidine rings is 1. The summed E-state index contributed by atoms with van der Waals surface area (Å²) in [6, 6.07) is 9.11. The van der Waals surface area contributed by atoms with Gasteiger partial charge in [-0.1, -0.05) is 36.8 Å². The number of hydrogen-bond donors (Lipinski definition) is 2. The average Bonchev–Trinajstić information content (AvgIpc) is 2.40. The van der Waals surface area contributed by atoms with Crippen molar-refractivity contribution in [2.45, 2.75) is 24.8 Å². The Labute approximate surface area is 107 Å². The van der Waals surface area contributed by atoms with Crippen molar-refractivity contribution in [3.8, 4) is 0 Å². The van der Waals surface area contributed by atoms with E-state index in [9.17, 15) is 9.90 Å². The minimum Gasteiger partial charge on any atom is -0.480 e. The van der Waals surface area contributed by atoms with Crippen LogP contribution in [0.1, 0.15) is 24.8 Å². The highest BCUT2D eigenvalue weighted by Gasteiger charge is 2.37. The molecule has 0 spiro atoms. The molecule has 1 fully saturated rings. The lowest BCUT2D eigenvalue weighted by molar-refractivity contribution is -0.144. The molecule has 4 heteroatoms. The molecule has 1 heterocycles. The Balaban J connectivity index is 2.19. The maximum Gasteiger partial charge on any atom is 0.329 e. The second-order valence-corrected chi connectivity index (χ2v) is 4.98. The molecule has 98 valence electrons. The van der Waals surface area contributed by atoms with Crippen LogP contribution in [0.25, 0.3) is 0 Å². The minimum atomic E-state index is -1.31. The summed E-state index contributed by atoms with van der Waals surface area (Å²) in [6.45, 7) is 2.27. The van der Waals surface area contributed by atoms with Crippen LogP contribution in [0.4, 0.5) is 0 Å². The van der Waals surface area contributed by atoms with E-state index in [1.54, 1.807) is 12.1 Å². The van der Waals surface area contributed by atoms with E-state index >= 15 is 0 Å². The van der Waals surface area contributed by atoms with Crippen molar-refractivity contribution in [1.29, 1.82) is 0 Å². The van der Waals surface area contributed by atoms with Crippen LogP contribution in [0, 0.1) is 0 Å². The van der Waals surface area contributed by atoms with Crippen molar-refractivity contribution in [3.05, 3.63) is 35.9 Å². The van der Waals surface area contributed by atoms with Crippen LogP contribution < -0.4 is 5.73 Å². The highest BCUT2D eigenvalue weighted by Crippen LogP contribution is 2.22. The van der Waals surface area contributed by atoms with Gasteiger partial charge in [0.05, 0.1) is 0 Å². The molecule has 0 aliphatic carbocycles. The number of carboxylic acid groups (broad SMARTS) is 1. The van der Waals surface area contributed by atoms with E-state index in [0.717, 1.165) is 25.9 Å². The van der Waals surface area contributed by atoms with Gasteiger partial charge in [-0.2, -0.15) is 0 Å². The number of benzene rings is 1. The molecule has 2 rings (SSSR count). The van der Waals surface area contributed by atoms with Crippen molar-refractivity contribution < 1.29 is 9.90 Å². The molecule has 1 saturated heterocycles. The molecule has 4 nitrogen and oxygen atoms in total. The molecule has 1 aromatic carbocycles. The van der Waals surface area contributed by atoms with Crippen molar-refractivity contribution in [1.82, 2.24) is 4.90 Å². The summed E-state index contributed by atoms with van der Waals surface area (Å²) >= 11 is 0. The standard InChI is InChI=1S/C14H20N2O2/c15-14(13(17)18,12-7-3-1-4-8-12)11-16-9-5-2-6-10-16/h1,3-4,7-8H,2,5-6,9-11,15H2,(H,17,18). The SMILES string of the molecule is NC(CN1CCCCC1)(C(=O)O)c1ccccc1. The molecule has 1 aliphatic rings. The summed E-state index contributed by atoms with van der Waals surface area (Å²) in [5.41, 5.74) is 5.51. The van der Waals surface area contributed by atoms with Gasteiger partial charge >= 0.3 is 5.97 Å². The van der Waals surface area contributed by atoms with Gasteiger partial charge in [-0.25, -0.2) is 4.79 Å². The Kier molecular flexibility index (Phi) is 3.99. The van der Waals surface area contributed by atoms with Gasteiger partial charge in [-0.15, -0.1) is 0 Å². The first kappa shape index (κ1) is 13.1. The van der Waals surface area contributed by atoms with E-state index in [1.165, 1.54) is 6.42 Å². The molecule has 1 unspecified atom stereocenters. The van der Waals surface area contributed by atoms with E-state index in [1.807, 2.05) is 18.2 Å². The van der Waals surface area contributed by atoms with Crippen molar-refractivity contribution >= 4 is 5.97 Å². The predicted molar refractivity (Wildman–Crippen MR) is 70.2 cm³/mol. The number of nitrogens with zero attached hydrogens (tertiary/aromatic N) is 1. The molecule has 0 saturated carbocycles. The Morgan fingerprint density at radius 2 is 1.83 bits per heavy atom. The van der Waals surface area contributed by atoms with Crippen LogP contribution in [-0.4, -0.2) is 35.6 Å². The Morgan fingerprint density at radius 1 is 1.22 bits per heavy atom. The van der Waals surface area contributed by atoms with Gasteiger partial charge in [0, 0.05) is 6.54 Å². The first-order valence-corrected chi connectivity index (χ1v) is 6.43. The number of likely N-dealkylation sites (tertiary alicyclic amines) is 1. The van der Waals surface area contributed by atoms with Gasteiger partial charge in [0.2, 0.25) is 0 Å². The maximum atomic E-state index is 11.5. The van der Waals surface area contributed by atoms with Gasteiger partial charge in [0.1, 0.15) is 0 Å². The van der Waals surface area contributed by atoms with Crippen molar-refractivity contribution in [3.63, 3.8) is 0 Å². The van der Waals surface area contributed by atoms with Gasteiger partial charge in [-0.05, 0) is 31.5 Å². The fourth-order valence-corrected chi connectivity index (χ4v) is 2.49. The summed E-state index contributed by atoms with van der Waals surface area (Å²) in [5.74, 6) is -0.959. The minimum absolute atomic E-state index is 0.381. The Morgan fingerprint density at radius 3 is 2.39 bits per heavy atom. The number of carbonyl (C=O) groups is 1. The van der Waals surface area contributed by atoms with Crippen LogP contribution in [0.2, 0.25) is 0 Å². The van der Waals surface area contributed by atoms with Gasteiger partial charge in [0.25, 0.3) is 0 Å². The van der Waals surface area contributed by atoms with Gasteiger partial charge in [0.15, 0.2) is 5.54 Å². The van der Waals surface area contributed by atoms with E-state index in [-0.39, 0.29) is 0 Å². The van der Waals surface area contributed by atoms with Crippen LogP contribution >= 0.6 is 0 Å². The molecular formula is C14H20N2O2. The molecular weight excluding hydrogens is 228 g/mol. The monoisotopic (exact) mass is 248 g/mol. The zero-order valence-corrected chi connectivity index (χ0v) is 10.5.